The van der Waals surface area contributed by atoms with Gasteiger partial charge in [0.1, 0.15) is 11.6 Å². The van der Waals surface area contributed by atoms with E-state index in [1.807, 2.05) is 18.2 Å². The highest BCUT2D eigenvalue weighted by Crippen LogP contribution is 2.32. The summed E-state index contributed by atoms with van der Waals surface area (Å²) in [7, 11) is 0. The molecule has 0 saturated carbocycles. The summed E-state index contributed by atoms with van der Waals surface area (Å²) in [5, 5.41) is 2.43. The Labute approximate surface area is 192 Å². The molecule has 0 aliphatic carbocycles. The topological polar surface area (TPSA) is 9.23 Å². The van der Waals surface area contributed by atoms with Crippen LogP contribution in [0.2, 0.25) is 0 Å². The molecule has 1 unspecified atom stereocenters. The van der Waals surface area contributed by atoms with Crippen LogP contribution in [-0.2, 0) is 6.42 Å². The van der Waals surface area contributed by atoms with Gasteiger partial charge in [-0.15, -0.1) is 0 Å². The third-order valence-electron chi connectivity index (χ3n) is 6.06. The lowest BCUT2D eigenvalue weighted by Gasteiger charge is -2.19. The highest BCUT2D eigenvalue weighted by Gasteiger charge is 2.16. The minimum absolute atomic E-state index is 0.0563. The van der Waals surface area contributed by atoms with Crippen molar-refractivity contribution in [1.29, 1.82) is 0 Å². The number of hydrogen-bond acceptors (Lipinski definition) is 1. The van der Waals surface area contributed by atoms with E-state index in [4.69, 9.17) is 0 Å². The maximum atomic E-state index is 15.1. The molecule has 4 heteroatoms. The van der Waals surface area contributed by atoms with Crippen LogP contribution in [0.25, 0.3) is 21.9 Å². The zero-order valence-electron chi connectivity index (χ0n) is 18.6. The van der Waals surface area contributed by atoms with E-state index in [9.17, 15) is 8.78 Å². The van der Waals surface area contributed by atoms with Crippen LogP contribution in [0, 0.1) is 5.82 Å². The molecule has 0 bridgehead atoms. The second-order valence-corrected chi connectivity index (χ2v) is 8.37. The van der Waals surface area contributed by atoms with Gasteiger partial charge in [-0.1, -0.05) is 86.5 Å². The molecule has 0 amide bonds. The van der Waals surface area contributed by atoms with Crippen molar-refractivity contribution >= 4 is 10.8 Å². The first-order valence-corrected chi connectivity index (χ1v) is 11.4. The number of unbranched alkanes of at least 4 members (excludes halogenated alkanes) is 1. The lowest BCUT2D eigenvalue weighted by molar-refractivity contribution is -0.0498. The molecule has 4 aromatic carbocycles. The van der Waals surface area contributed by atoms with Crippen molar-refractivity contribution in [3.05, 3.63) is 102 Å². The first kappa shape index (κ1) is 22.9. The SMILES string of the molecule is CCCCC(Cc1ccc2ccccc2c1)c1ccc(-c2ccc(OC(F)F)cc2)c(F)c1. The average molecular weight is 449 g/mol. The molecule has 170 valence electrons. The Kier molecular flexibility index (Phi) is 7.33. The summed E-state index contributed by atoms with van der Waals surface area (Å²) in [6.07, 6.45) is 4.00. The van der Waals surface area contributed by atoms with E-state index >= 15 is 4.39 Å². The van der Waals surface area contributed by atoms with Crippen molar-refractivity contribution in [2.24, 2.45) is 0 Å². The molecule has 0 N–H and O–H groups in total. The Morgan fingerprint density at radius 1 is 0.818 bits per heavy atom. The van der Waals surface area contributed by atoms with Crippen LogP contribution in [0.4, 0.5) is 13.2 Å². The number of rotatable bonds is 9. The van der Waals surface area contributed by atoms with Gasteiger partial charge < -0.3 is 4.74 Å². The molecule has 1 nitrogen and oxygen atoms in total. The normalized spacial score (nSPS) is 12.3. The fourth-order valence-electron chi connectivity index (χ4n) is 4.32. The number of fused-ring (bicyclic) bond motifs is 1. The lowest BCUT2D eigenvalue weighted by atomic mass is 9.86. The summed E-state index contributed by atoms with van der Waals surface area (Å²) in [6.45, 7) is -0.715. The summed E-state index contributed by atoms with van der Waals surface area (Å²) in [5.41, 5.74) is 3.30. The Balaban J connectivity index is 1.57. The van der Waals surface area contributed by atoms with Crippen LogP contribution in [0.15, 0.2) is 84.9 Å². The van der Waals surface area contributed by atoms with Gasteiger partial charge in [0.25, 0.3) is 0 Å². The van der Waals surface area contributed by atoms with Gasteiger partial charge in [0.15, 0.2) is 0 Å². The molecule has 0 saturated heterocycles. The van der Waals surface area contributed by atoms with Gasteiger partial charge in [-0.05, 0) is 64.4 Å². The zero-order valence-corrected chi connectivity index (χ0v) is 18.6. The fraction of sp³-hybridized carbons (Fsp3) is 0.241. The van der Waals surface area contributed by atoms with Crippen molar-refractivity contribution in [3.63, 3.8) is 0 Å². The monoisotopic (exact) mass is 448 g/mol. The summed E-state index contributed by atoms with van der Waals surface area (Å²) in [6, 6.07) is 26.3. The molecule has 4 rings (SSSR count). The van der Waals surface area contributed by atoms with Gasteiger partial charge in [0, 0.05) is 5.56 Å². The summed E-state index contributed by atoms with van der Waals surface area (Å²) < 4.78 is 44.2. The summed E-state index contributed by atoms with van der Waals surface area (Å²) >= 11 is 0. The van der Waals surface area contributed by atoms with E-state index in [0.29, 0.717) is 11.1 Å². The molecular weight excluding hydrogens is 421 g/mol. The lowest BCUT2D eigenvalue weighted by Crippen LogP contribution is -2.04. The van der Waals surface area contributed by atoms with Gasteiger partial charge in [0.2, 0.25) is 0 Å². The van der Waals surface area contributed by atoms with Crippen molar-refractivity contribution < 1.29 is 17.9 Å². The van der Waals surface area contributed by atoms with Crippen LogP contribution in [0.3, 0.4) is 0 Å². The number of halogens is 3. The third-order valence-corrected chi connectivity index (χ3v) is 6.06. The average Bonchev–Trinajstić information content (AvgIpc) is 2.82. The molecule has 0 spiro atoms. The maximum Gasteiger partial charge on any atom is 0.387 e. The van der Waals surface area contributed by atoms with Gasteiger partial charge in [-0.25, -0.2) is 4.39 Å². The van der Waals surface area contributed by atoms with Crippen LogP contribution in [0.5, 0.6) is 5.75 Å². The van der Waals surface area contributed by atoms with Crippen molar-refractivity contribution in [1.82, 2.24) is 0 Å². The first-order valence-electron chi connectivity index (χ1n) is 11.4. The van der Waals surface area contributed by atoms with E-state index in [1.54, 1.807) is 24.3 Å². The number of hydrogen-bond donors (Lipinski definition) is 0. The smallest absolute Gasteiger partial charge is 0.387 e. The Morgan fingerprint density at radius 2 is 1.58 bits per heavy atom. The molecule has 4 aromatic rings. The van der Waals surface area contributed by atoms with E-state index < -0.39 is 6.61 Å². The molecule has 0 fully saturated rings. The van der Waals surface area contributed by atoms with Crippen LogP contribution >= 0.6 is 0 Å². The Hall–Kier alpha value is -3.27. The molecule has 0 aromatic heterocycles. The van der Waals surface area contributed by atoms with E-state index in [0.717, 1.165) is 31.2 Å². The predicted octanol–water partition coefficient (Wildman–Crippen LogP) is 8.76. The van der Waals surface area contributed by atoms with E-state index in [1.165, 1.54) is 28.5 Å². The second-order valence-electron chi connectivity index (χ2n) is 8.37. The molecule has 1 atom stereocenters. The molecule has 0 radical (unpaired) electrons. The van der Waals surface area contributed by atoms with Crippen LogP contribution in [0.1, 0.15) is 43.2 Å². The quantitative estimate of drug-likeness (QED) is 0.249. The predicted molar refractivity (Wildman–Crippen MR) is 128 cm³/mol. The van der Waals surface area contributed by atoms with E-state index in [-0.39, 0.29) is 17.5 Å². The second kappa shape index (κ2) is 10.6. The Bertz CT molecular complexity index is 1200. The third kappa shape index (κ3) is 5.75. The molecule has 0 heterocycles. The molecular formula is C29H27F3O. The number of benzene rings is 4. The van der Waals surface area contributed by atoms with Crippen molar-refractivity contribution in [2.75, 3.05) is 0 Å². The van der Waals surface area contributed by atoms with Gasteiger partial charge in [-0.3, -0.25) is 0 Å². The minimum Gasteiger partial charge on any atom is -0.435 e. The van der Waals surface area contributed by atoms with Crippen molar-refractivity contribution in [2.45, 2.75) is 45.1 Å². The van der Waals surface area contributed by atoms with E-state index in [2.05, 4.69) is 42.0 Å². The fourth-order valence-corrected chi connectivity index (χ4v) is 4.32. The molecule has 0 aliphatic heterocycles. The van der Waals surface area contributed by atoms with Gasteiger partial charge in [0.05, 0.1) is 0 Å². The van der Waals surface area contributed by atoms with Crippen LogP contribution in [-0.4, -0.2) is 6.61 Å². The zero-order chi connectivity index (χ0) is 23.2. The largest absolute Gasteiger partial charge is 0.435 e. The number of alkyl halides is 2. The molecule has 0 aliphatic rings. The highest BCUT2D eigenvalue weighted by molar-refractivity contribution is 5.83. The maximum absolute atomic E-state index is 15.1. The summed E-state index contributed by atoms with van der Waals surface area (Å²) in [4.78, 5) is 0. The minimum atomic E-state index is -2.88. The standard InChI is InChI=1S/C29H27F3O/c1-2-3-6-24(18-20-9-10-21-7-4-5-8-23(21)17-20)25-13-16-27(28(30)19-25)22-11-14-26(15-12-22)33-29(31)32/h4-5,7-17,19,24,29H,2-3,6,18H2,1H3. The van der Waals surface area contributed by atoms with Crippen LogP contribution < -0.4 is 4.74 Å². The van der Waals surface area contributed by atoms with Gasteiger partial charge in [-0.2, -0.15) is 8.78 Å². The Morgan fingerprint density at radius 3 is 2.27 bits per heavy atom. The summed E-state index contributed by atoms with van der Waals surface area (Å²) in [5.74, 6) is -0.0349. The first-order chi connectivity index (χ1) is 16.0. The number of ether oxygens (including phenoxy) is 1. The van der Waals surface area contributed by atoms with Gasteiger partial charge >= 0.3 is 6.61 Å². The molecule has 33 heavy (non-hydrogen) atoms. The highest BCUT2D eigenvalue weighted by atomic mass is 19.3. The van der Waals surface area contributed by atoms with Crippen molar-refractivity contribution in [3.8, 4) is 16.9 Å².